The largest absolute Gasteiger partial charge is 0.401 e. The smallest absolute Gasteiger partial charge is 0.0168 e. The van der Waals surface area contributed by atoms with Gasteiger partial charge in [-0.1, -0.05) is 13.8 Å². The van der Waals surface area contributed by atoms with E-state index in [-0.39, 0.29) is 0 Å². The van der Waals surface area contributed by atoms with E-state index in [1.54, 1.807) is 5.41 Å². The molecule has 0 rings (SSSR count). The highest BCUT2D eigenvalue weighted by Crippen LogP contribution is 2.01. The Morgan fingerprint density at radius 2 is 2.14 bits per heavy atom. The van der Waals surface area contributed by atoms with Crippen LogP contribution in [0.15, 0.2) is 11.1 Å². The minimum Gasteiger partial charge on any atom is -0.401 e. The van der Waals surface area contributed by atoms with Crippen LogP contribution in [0.4, 0.5) is 0 Å². The second-order valence-electron chi connectivity index (χ2n) is 1.78. The van der Waals surface area contributed by atoms with E-state index < -0.39 is 0 Å². The molecule has 1 nitrogen and oxygen atoms in total. The van der Waals surface area contributed by atoms with Gasteiger partial charge in [-0.25, -0.2) is 0 Å². The number of hydrogen-bond acceptors (Lipinski definition) is 2. The molecule has 0 unspecified atom stereocenters. The monoisotopic (exact) mass is 117 g/mol. The molecule has 0 heterocycles. The number of rotatable bonds is 1. The molecule has 0 aromatic rings. The van der Waals surface area contributed by atoms with Crippen molar-refractivity contribution in [2.75, 3.05) is 0 Å². The van der Waals surface area contributed by atoms with Crippen LogP contribution in [0.5, 0.6) is 0 Å². The normalized spacial score (nSPS) is 12.9. The van der Waals surface area contributed by atoms with Crippen LogP contribution >= 0.6 is 12.6 Å². The fraction of sp³-hybridized carbons (Fsp3) is 0.600. The molecule has 0 aromatic carbocycles. The molecular formula is C5H11NS. The molecule has 0 amide bonds. The third-order valence-electron chi connectivity index (χ3n) is 0.816. The lowest BCUT2D eigenvalue weighted by atomic mass is 10.2. The first-order valence-corrected chi connectivity index (χ1v) is 2.80. The summed E-state index contributed by atoms with van der Waals surface area (Å²) in [4.78, 5) is 0. The first-order valence-electron chi connectivity index (χ1n) is 2.28. The highest BCUT2D eigenvalue weighted by Gasteiger charge is 1.91. The van der Waals surface area contributed by atoms with Gasteiger partial charge in [0, 0.05) is 5.70 Å². The summed E-state index contributed by atoms with van der Waals surface area (Å²) < 4.78 is 0. The highest BCUT2D eigenvalue weighted by atomic mass is 32.1. The molecule has 0 radical (unpaired) electrons. The Hall–Kier alpha value is -0.110. The summed E-state index contributed by atoms with van der Waals surface area (Å²) in [6.07, 6.45) is 0. The van der Waals surface area contributed by atoms with Crippen LogP contribution in [0.3, 0.4) is 0 Å². The second kappa shape index (κ2) is 2.97. The number of allylic oxidation sites excluding steroid dienone is 1. The van der Waals surface area contributed by atoms with Crippen LogP contribution in [0, 0.1) is 5.92 Å². The molecule has 0 atom stereocenters. The van der Waals surface area contributed by atoms with Gasteiger partial charge in [0.15, 0.2) is 0 Å². The Kier molecular flexibility index (Phi) is 2.92. The van der Waals surface area contributed by atoms with Crippen molar-refractivity contribution < 1.29 is 0 Å². The topological polar surface area (TPSA) is 26.0 Å². The maximum atomic E-state index is 5.40. The van der Waals surface area contributed by atoms with E-state index in [0.29, 0.717) is 5.92 Å². The molecule has 0 fully saturated rings. The zero-order chi connectivity index (χ0) is 5.86. The lowest BCUT2D eigenvalue weighted by molar-refractivity contribution is 0.760. The van der Waals surface area contributed by atoms with Gasteiger partial charge in [-0.05, 0) is 11.3 Å². The Morgan fingerprint density at radius 1 is 1.71 bits per heavy atom. The quantitative estimate of drug-likeness (QED) is 0.498. The van der Waals surface area contributed by atoms with E-state index in [4.69, 9.17) is 5.73 Å². The molecule has 0 spiro atoms. The Morgan fingerprint density at radius 3 is 2.14 bits per heavy atom. The van der Waals surface area contributed by atoms with Gasteiger partial charge < -0.3 is 5.73 Å². The molecule has 0 aliphatic heterocycles. The summed E-state index contributed by atoms with van der Waals surface area (Å²) in [5, 5.41) is 1.63. The van der Waals surface area contributed by atoms with Crippen molar-refractivity contribution in [3.8, 4) is 0 Å². The molecule has 0 saturated heterocycles. The summed E-state index contributed by atoms with van der Waals surface area (Å²) in [6, 6.07) is 0. The maximum Gasteiger partial charge on any atom is 0.0168 e. The predicted octanol–water partition coefficient (Wildman–Crippen LogP) is 1.37. The van der Waals surface area contributed by atoms with E-state index in [2.05, 4.69) is 12.6 Å². The van der Waals surface area contributed by atoms with Crippen molar-refractivity contribution in [2.45, 2.75) is 13.8 Å². The van der Waals surface area contributed by atoms with Gasteiger partial charge in [-0.15, -0.1) is 12.6 Å². The van der Waals surface area contributed by atoms with Crippen LogP contribution in [-0.4, -0.2) is 0 Å². The van der Waals surface area contributed by atoms with E-state index in [9.17, 15) is 0 Å². The second-order valence-corrected chi connectivity index (χ2v) is 2.04. The van der Waals surface area contributed by atoms with Crippen molar-refractivity contribution in [1.29, 1.82) is 0 Å². The van der Waals surface area contributed by atoms with Crippen molar-refractivity contribution in [2.24, 2.45) is 11.7 Å². The van der Waals surface area contributed by atoms with Crippen LogP contribution in [-0.2, 0) is 0 Å². The standard InChI is InChI=1S/C5H11NS/c1-4(2)5(6)3-7/h3-4,7H,6H2,1-2H3/b5-3+. The summed E-state index contributed by atoms with van der Waals surface area (Å²) in [5.41, 5.74) is 6.24. The van der Waals surface area contributed by atoms with Gasteiger partial charge in [-0.2, -0.15) is 0 Å². The van der Waals surface area contributed by atoms with Crippen molar-refractivity contribution in [1.82, 2.24) is 0 Å². The lowest BCUT2D eigenvalue weighted by Crippen LogP contribution is -2.02. The van der Waals surface area contributed by atoms with E-state index in [0.717, 1.165) is 5.70 Å². The average Bonchev–Trinajstić information content (AvgIpc) is 1.65. The molecular weight excluding hydrogens is 106 g/mol. The van der Waals surface area contributed by atoms with Crippen molar-refractivity contribution in [3.05, 3.63) is 11.1 Å². The molecule has 0 aromatic heterocycles. The van der Waals surface area contributed by atoms with Gasteiger partial charge in [-0.3, -0.25) is 0 Å². The number of hydrogen-bond donors (Lipinski definition) is 2. The first kappa shape index (κ1) is 6.89. The molecule has 2 N–H and O–H groups in total. The molecule has 42 valence electrons. The zero-order valence-corrected chi connectivity index (χ0v) is 5.57. The summed E-state index contributed by atoms with van der Waals surface area (Å²) in [6.45, 7) is 4.06. The fourth-order valence-electron chi connectivity index (χ4n) is 0.149. The van der Waals surface area contributed by atoms with Gasteiger partial charge in [0.25, 0.3) is 0 Å². The Labute approximate surface area is 50.0 Å². The summed E-state index contributed by atoms with van der Waals surface area (Å²) in [5.74, 6) is 0.428. The molecule has 7 heavy (non-hydrogen) atoms. The zero-order valence-electron chi connectivity index (χ0n) is 4.68. The highest BCUT2D eigenvalue weighted by molar-refractivity contribution is 7.83. The van der Waals surface area contributed by atoms with Gasteiger partial charge in [0.1, 0.15) is 0 Å². The van der Waals surface area contributed by atoms with Gasteiger partial charge >= 0.3 is 0 Å². The summed E-state index contributed by atoms with van der Waals surface area (Å²) >= 11 is 3.87. The van der Waals surface area contributed by atoms with E-state index >= 15 is 0 Å². The van der Waals surface area contributed by atoms with Crippen molar-refractivity contribution in [3.63, 3.8) is 0 Å². The van der Waals surface area contributed by atoms with Crippen LogP contribution in [0.2, 0.25) is 0 Å². The maximum absolute atomic E-state index is 5.40. The average molecular weight is 117 g/mol. The van der Waals surface area contributed by atoms with Crippen LogP contribution in [0.1, 0.15) is 13.8 Å². The molecule has 0 aliphatic carbocycles. The van der Waals surface area contributed by atoms with Crippen LogP contribution in [0.25, 0.3) is 0 Å². The number of nitrogens with two attached hydrogens (primary N) is 1. The van der Waals surface area contributed by atoms with Gasteiger partial charge in [0.2, 0.25) is 0 Å². The first-order chi connectivity index (χ1) is 3.18. The summed E-state index contributed by atoms with van der Waals surface area (Å²) in [7, 11) is 0. The Balaban J connectivity index is 3.56. The SMILES string of the molecule is CC(C)/C(N)=C\S. The third-order valence-corrected chi connectivity index (χ3v) is 1.11. The molecule has 0 bridgehead atoms. The minimum absolute atomic E-state index is 0.428. The fourth-order valence-corrected chi connectivity index (χ4v) is 0.447. The molecule has 2 heteroatoms. The van der Waals surface area contributed by atoms with E-state index in [1.165, 1.54) is 0 Å². The lowest BCUT2D eigenvalue weighted by Gasteiger charge is -2.00. The molecule has 0 aliphatic rings. The third kappa shape index (κ3) is 2.57. The minimum atomic E-state index is 0.428. The molecule has 0 saturated carbocycles. The Bertz CT molecular complexity index is 76.1. The van der Waals surface area contributed by atoms with Gasteiger partial charge in [0.05, 0.1) is 0 Å². The van der Waals surface area contributed by atoms with Crippen molar-refractivity contribution >= 4 is 12.6 Å². The van der Waals surface area contributed by atoms with E-state index in [1.807, 2.05) is 13.8 Å². The number of thiol groups is 1. The van der Waals surface area contributed by atoms with Crippen LogP contribution < -0.4 is 5.73 Å². The predicted molar refractivity (Wildman–Crippen MR) is 36.1 cm³/mol.